The molecule has 40 valence electrons. The molecule has 1 nitrogen and oxygen atoms in total. The Kier molecular flexibility index (Phi) is 1.47. The van der Waals surface area contributed by atoms with Gasteiger partial charge in [-0.3, -0.25) is 0 Å². The second kappa shape index (κ2) is 2.12. The minimum absolute atomic E-state index is 0.731. The third kappa shape index (κ3) is 1.03. The monoisotopic (exact) mass is 97.1 g/mol. The summed E-state index contributed by atoms with van der Waals surface area (Å²) < 4.78 is 0. The molecule has 7 heavy (non-hydrogen) atoms. The quantitative estimate of drug-likeness (QED) is 0.486. The fourth-order valence-electron chi connectivity index (χ4n) is 0.752. The maximum atomic E-state index is 5.26. The molecule has 0 aromatic carbocycles. The van der Waals surface area contributed by atoms with Crippen LogP contribution in [0.5, 0.6) is 0 Å². The predicted molar refractivity (Wildman–Crippen MR) is 31.0 cm³/mol. The van der Waals surface area contributed by atoms with Crippen molar-refractivity contribution < 1.29 is 0 Å². The van der Waals surface area contributed by atoms with Gasteiger partial charge in [-0.15, -0.1) is 0 Å². The average molecular weight is 97.2 g/mol. The molecule has 1 aliphatic carbocycles. The zero-order chi connectivity index (χ0) is 5.11. The van der Waals surface area contributed by atoms with Gasteiger partial charge in [0.1, 0.15) is 0 Å². The second-order valence-corrected chi connectivity index (χ2v) is 1.95. The molecule has 0 saturated heterocycles. The molecule has 0 amide bonds. The zero-order valence-electron chi connectivity index (χ0n) is 4.48. The van der Waals surface area contributed by atoms with Crippen LogP contribution in [0.3, 0.4) is 0 Å². The standard InChI is InChI=1S/C6H11N/c7-5-4-6-2-1-3-6/h4H,1-3,5,7H2. The van der Waals surface area contributed by atoms with Gasteiger partial charge in [0.15, 0.2) is 0 Å². The van der Waals surface area contributed by atoms with E-state index < -0.39 is 0 Å². The highest BCUT2D eigenvalue weighted by molar-refractivity contribution is 5.09. The SMILES string of the molecule is NCC=C1CCC1. The van der Waals surface area contributed by atoms with Gasteiger partial charge < -0.3 is 5.73 Å². The summed E-state index contributed by atoms with van der Waals surface area (Å²) in [6.45, 7) is 0.731. The Morgan fingerprint density at radius 1 is 1.57 bits per heavy atom. The van der Waals surface area contributed by atoms with Crippen LogP contribution in [0.25, 0.3) is 0 Å². The Morgan fingerprint density at radius 2 is 2.29 bits per heavy atom. The summed E-state index contributed by atoms with van der Waals surface area (Å²) in [4.78, 5) is 0. The van der Waals surface area contributed by atoms with E-state index in [9.17, 15) is 0 Å². The van der Waals surface area contributed by atoms with E-state index in [1.54, 1.807) is 5.57 Å². The summed E-state index contributed by atoms with van der Waals surface area (Å²) in [5.41, 5.74) is 6.82. The molecule has 0 bridgehead atoms. The molecule has 1 heteroatoms. The van der Waals surface area contributed by atoms with Crippen molar-refractivity contribution in [1.29, 1.82) is 0 Å². The molecule has 0 unspecified atom stereocenters. The van der Waals surface area contributed by atoms with Crippen LogP contribution >= 0.6 is 0 Å². The van der Waals surface area contributed by atoms with Gasteiger partial charge in [-0.25, -0.2) is 0 Å². The summed E-state index contributed by atoms with van der Waals surface area (Å²) in [7, 11) is 0. The zero-order valence-corrected chi connectivity index (χ0v) is 4.48. The van der Waals surface area contributed by atoms with E-state index in [2.05, 4.69) is 6.08 Å². The lowest BCUT2D eigenvalue weighted by Crippen LogP contribution is -2.01. The number of hydrogen-bond acceptors (Lipinski definition) is 1. The van der Waals surface area contributed by atoms with Crippen molar-refractivity contribution in [3.63, 3.8) is 0 Å². The van der Waals surface area contributed by atoms with Crippen LogP contribution < -0.4 is 5.73 Å². The molecule has 2 N–H and O–H groups in total. The lowest BCUT2D eigenvalue weighted by Gasteiger charge is -2.14. The molecule has 1 rings (SSSR count). The summed E-state index contributed by atoms with van der Waals surface area (Å²) in [5.74, 6) is 0. The molecule has 0 spiro atoms. The third-order valence-electron chi connectivity index (χ3n) is 1.40. The van der Waals surface area contributed by atoms with Crippen molar-refractivity contribution in [2.45, 2.75) is 19.3 Å². The molecular weight excluding hydrogens is 86.1 g/mol. The Morgan fingerprint density at radius 3 is 2.43 bits per heavy atom. The lowest BCUT2D eigenvalue weighted by molar-refractivity contribution is 0.659. The van der Waals surface area contributed by atoms with Gasteiger partial charge in [0.05, 0.1) is 0 Å². The average Bonchev–Trinajstić information content (AvgIpc) is 1.55. The molecule has 0 radical (unpaired) electrons. The Labute approximate surface area is 44.2 Å². The molecule has 0 heterocycles. The first-order valence-corrected chi connectivity index (χ1v) is 2.81. The van der Waals surface area contributed by atoms with Crippen LogP contribution in [0.15, 0.2) is 11.6 Å². The summed E-state index contributed by atoms with van der Waals surface area (Å²) in [6, 6.07) is 0. The highest BCUT2D eigenvalue weighted by Crippen LogP contribution is 2.24. The van der Waals surface area contributed by atoms with Crippen LogP contribution in [-0.2, 0) is 0 Å². The summed E-state index contributed by atoms with van der Waals surface area (Å²) in [6.07, 6.45) is 6.11. The van der Waals surface area contributed by atoms with Crippen LogP contribution in [0.1, 0.15) is 19.3 Å². The van der Waals surface area contributed by atoms with Gasteiger partial charge in [0, 0.05) is 6.54 Å². The minimum atomic E-state index is 0.731. The first kappa shape index (κ1) is 4.85. The topological polar surface area (TPSA) is 26.0 Å². The molecule has 1 saturated carbocycles. The highest BCUT2D eigenvalue weighted by Gasteiger charge is 2.05. The number of rotatable bonds is 1. The van der Waals surface area contributed by atoms with Crippen molar-refractivity contribution >= 4 is 0 Å². The second-order valence-electron chi connectivity index (χ2n) is 1.95. The van der Waals surface area contributed by atoms with Crippen molar-refractivity contribution in [3.8, 4) is 0 Å². The van der Waals surface area contributed by atoms with Gasteiger partial charge in [0.25, 0.3) is 0 Å². The van der Waals surface area contributed by atoms with Crippen molar-refractivity contribution in [3.05, 3.63) is 11.6 Å². The third-order valence-corrected chi connectivity index (χ3v) is 1.40. The summed E-state index contributed by atoms with van der Waals surface area (Å²) in [5, 5.41) is 0. The van der Waals surface area contributed by atoms with Crippen LogP contribution in [0, 0.1) is 0 Å². The first-order valence-electron chi connectivity index (χ1n) is 2.81. The highest BCUT2D eigenvalue weighted by atomic mass is 14.5. The molecule has 1 aliphatic rings. The number of nitrogens with two attached hydrogens (primary N) is 1. The van der Waals surface area contributed by atoms with Crippen molar-refractivity contribution in [2.75, 3.05) is 6.54 Å². The lowest BCUT2D eigenvalue weighted by atomic mass is 9.92. The van der Waals surface area contributed by atoms with E-state index in [0.717, 1.165) is 6.54 Å². The Balaban J connectivity index is 2.23. The largest absolute Gasteiger partial charge is 0.327 e. The van der Waals surface area contributed by atoms with Crippen LogP contribution in [0.4, 0.5) is 0 Å². The molecule has 0 aliphatic heterocycles. The van der Waals surface area contributed by atoms with Gasteiger partial charge in [-0.05, 0) is 19.3 Å². The van der Waals surface area contributed by atoms with Gasteiger partial charge in [-0.1, -0.05) is 11.6 Å². The van der Waals surface area contributed by atoms with Gasteiger partial charge >= 0.3 is 0 Å². The van der Waals surface area contributed by atoms with Crippen molar-refractivity contribution in [2.24, 2.45) is 5.73 Å². The molecular formula is C6H11N. The number of allylic oxidation sites excluding steroid dienone is 1. The maximum Gasteiger partial charge on any atom is 0.0109 e. The molecule has 0 aromatic rings. The first-order chi connectivity index (χ1) is 3.43. The van der Waals surface area contributed by atoms with E-state index in [1.807, 2.05) is 0 Å². The molecule has 0 aromatic heterocycles. The van der Waals surface area contributed by atoms with Crippen LogP contribution in [-0.4, -0.2) is 6.54 Å². The number of hydrogen-bond donors (Lipinski definition) is 1. The fraction of sp³-hybridized carbons (Fsp3) is 0.667. The summed E-state index contributed by atoms with van der Waals surface area (Å²) >= 11 is 0. The van der Waals surface area contributed by atoms with Gasteiger partial charge in [-0.2, -0.15) is 0 Å². The fourth-order valence-corrected chi connectivity index (χ4v) is 0.752. The van der Waals surface area contributed by atoms with Crippen LogP contribution in [0.2, 0.25) is 0 Å². The van der Waals surface area contributed by atoms with E-state index in [4.69, 9.17) is 5.73 Å². The Hall–Kier alpha value is -0.300. The normalized spacial score (nSPS) is 18.7. The minimum Gasteiger partial charge on any atom is -0.327 e. The Bertz CT molecular complexity index is 78.2. The van der Waals surface area contributed by atoms with E-state index in [1.165, 1.54) is 19.3 Å². The van der Waals surface area contributed by atoms with Gasteiger partial charge in [0.2, 0.25) is 0 Å². The van der Waals surface area contributed by atoms with Crippen molar-refractivity contribution in [1.82, 2.24) is 0 Å². The smallest absolute Gasteiger partial charge is 0.0109 e. The van der Waals surface area contributed by atoms with E-state index in [0.29, 0.717) is 0 Å². The van der Waals surface area contributed by atoms with E-state index >= 15 is 0 Å². The predicted octanol–water partition coefficient (Wildman–Crippen LogP) is 1.06. The van der Waals surface area contributed by atoms with E-state index in [-0.39, 0.29) is 0 Å². The molecule has 1 fully saturated rings. The molecule has 0 atom stereocenters. The maximum absolute atomic E-state index is 5.26.